The van der Waals surface area contributed by atoms with Crippen LogP contribution in [0.15, 0.2) is 24.3 Å². The number of hydrogen-bond donors (Lipinski definition) is 1. The van der Waals surface area contributed by atoms with Crippen LogP contribution in [0.5, 0.6) is 0 Å². The van der Waals surface area contributed by atoms with Crippen molar-refractivity contribution in [2.75, 3.05) is 0 Å². The molecule has 1 heteroatoms. The van der Waals surface area contributed by atoms with Crippen molar-refractivity contribution >= 4 is 0 Å². The normalized spacial score (nSPS) is 38.1. The first-order chi connectivity index (χ1) is 9.62. The summed E-state index contributed by atoms with van der Waals surface area (Å²) in [6.07, 6.45) is 11.3. The summed E-state index contributed by atoms with van der Waals surface area (Å²) in [6.45, 7) is 15.4. The molecule has 2 aliphatic rings. The van der Waals surface area contributed by atoms with Gasteiger partial charge in [0.15, 0.2) is 0 Å². The average molecular weight is 290 g/mol. The van der Waals surface area contributed by atoms with Crippen LogP contribution in [0.25, 0.3) is 0 Å². The smallest absolute Gasteiger partial charge is 0.0797 e. The second-order valence-corrected chi connectivity index (χ2v) is 8.69. The number of fused-ring (bicyclic) bond motifs is 1. The van der Waals surface area contributed by atoms with Gasteiger partial charge in [-0.15, -0.1) is 6.58 Å². The second kappa shape index (κ2) is 5.57. The SMILES string of the molecule is C=C[C@@](C)(O)CC[C@@]1(C)[C@@H]2CCCC(C)(C)C2=CC[C@@H]1C. The van der Waals surface area contributed by atoms with Gasteiger partial charge in [0.2, 0.25) is 0 Å². The van der Waals surface area contributed by atoms with Gasteiger partial charge in [-0.1, -0.05) is 51.8 Å². The van der Waals surface area contributed by atoms with Gasteiger partial charge >= 0.3 is 0 Å². The number of aliphatic hydroxyl groups is 1. The molecule has 0 aromatic heterocycles. The van der Waals surface area contributed by atoms with Crippen LogP contribution in [0, 0.1) is 22.7 Å². The van der Waals surface area contributed by atoms with Crippen molar-refractivity contribution in [3.63, 3.8) is 0 Å². The lowest BCUT2D eigenvalue weighted by atomic mass is 9.51. The first kappa shape index (κ1) is 16.8. The van der Waals surface area contributed by atoms with Crippen LogP contribution >= 0.6 is 0 Å². The van der Waals surface area contributed by atoms with E-state index in [1.165, 1.54) is 25.7 Å². The van der Waals surface area contributed by atoms with Gasteiger partial charge < -0.3 is 5.11 Å². The lowest BCUT2D eigenvalue weighted by molar-refractivity contribution is 0.0234. The van der Waals surface area contributed by atoms with Gasteiger partial charge in [0.25, 0.3) is 0 Å². The fourth-order valence-corrected chi connectivity index (χ4v) is 4.58. The van der Waals surface area contributed by atoms with E-state index in [9.17, 15) is 5.11 Å². The maximum Gasteiger partial charge on any atom is 0.0797 e. The van der Waals surface area contributed by atoms with Crippen LogP contribution in [-0.4, -0.2) is 10.7 Å². The third-order valence-electron chi connectivity index (χ3n) is 6.67. The Hall–Kier alpha value is -0.560. The molecule has 120 valence electrons. The highest BCUT2D eigenvalue weighted by Crippen LogP contribution is 2.58. The number of allylic oxidation sites excluding steroid dienone is 2. The minimum atomic E-state index is -0.728. The van der Waals surface area contributed by atoms with Crippen molar-refractivity contribution in [3.8, 4) is 0 Å². The van der Waals surface area contributed by atoms with E-state index in [-0.39, 0.29) is 0 Å². The maximum absolute atomic E-state index is 10.3. The molecule has 0 unspecified atom stereocenters. The quantitative estimate of drug-likeness (QED) is 0.678. The summed E-state index contributed by atoms with van der Waals surface area (Å²) >= 11 is 0. The largest absolute Gasteiger partial charge is 0.386 e. The first-order valence-corrected chi connectivity index (χ1v) is 8.69. The third kappa shape index (κ3) is 3.13. The lowest BCUT2D eigenvalue weighted by Crippen LogP contribution is -2.44. The van der Waals surface area contributed by atoms with Crippen LogP contribution in [0.2, 0.25) is 0 Å². The molecule has 0 aromatic rings. The Morgan fingerprint density at radius 1 is 1.43 bits per heavy atom. The van der Waals surface area contributed by atoms with Crippen LogP contribution in [0.4, 0.5) is 0 Å². The molecular formula is C20H34O. The zero-order chi connectivity index (χ0) is 15.9. The summed E-state index contributed by atoms with van der Waals surface area (Å²) in [5.41, 5.74) is 1.65. The van der Waals surface area contributed by atoms with Gasteiger partial charge in [-0.2, -0.15) is 0 Å². The summed E-state index contributed by atoms with van der Waals surface area (Å²) in [5, 5.41) is 10.3. The molecule has 21 heavy (non-hydrogen) atoms. The summed E-state index contributed by atoms with van der Waals surface area (Å²) in [4.78, 5) is 0. The molecule has 2 rings (SSSR count). The number of hydrogen-bond acceptors (Lipinski definition) is 1. The predicted octanol–water partition coefficient (Wildman–Crippen LogP) is 5.50. The van der Waals surface area contributed by atoms with Crippen LogP contribution in [0.1, 0.15) is 73.1 Å². The molecule has 4 atom stereocenters. The molecule has 1 nitrogen and oxygen atoms in total. The molecule has 0 spiro atoms. The van der Waals surface area contributed by atoms with E-state index in [0.717, 1.165) is 12.8 Å². The Bertz CT molecular complexity index is 429. The standard InChI is InChI=1S/C20H34O/c1-7-19(5,21)13-14-20(6)15(2)10-11-16-17(20)9-8-12-18(16,3)4/h7,11,15,17,21H,1,8-10,12-14H2,2-6H3/t15-,17+,19+,20+/m0/s1. The Kier molecular flexibility index (Phi) is 4.46. The highest BCUT2D eigenvalue weighted by atomic mass is 16.3. The summed E-state index contributed by atoms with van der Waals surface area (Å²) in [5.74, 6) is 1.39. The highest BCUT2D eigenvalue weighted by molar-refractivity contribution is 5.25. The lowest BCUT2D eigenvalue weighted by Gasteiger charge is -2.53. The van der Waals surface area contributed by atoms with Gasteiger partial charge in [0.05, 0.1) is 5.60 Å². The average Bonchev–Trinajstić information content (AvgIpc) is 2.41. The van der Waals surface area contributed by atoms with Gasteiger partial charge in [-0.05, 0) is 61.7 Å². The van der Waals surface area contributed by atoms with Crippen LogP contribution in [0.3, 0.4) is 0 Å². The van der Waals surface area contributed by atoms with E-state index >= 15 is 0 Å². The molecule has 0 bridgehead atoms. The van der Waals surface area contributed by atoms with Crippen LogP contribution in [-0.2, 0) is 0 Å². The van der Waals surface area contributed by atoms with E-state index in [0.29, 0.717) is 22.7 Å². The Labute approximate surface area is 131 Å². The molecule has 0 aromatic carbocycles. The molecular weight excluding hydrogens is 256 g/mol. The van der Waals surface area contributed by atoms with Gasteiger partial charge in [0, 0.05) is 0 Å². The summed E-state index contributed by atoms with van der Waals surface area (Å²) in [6, 6.07) is 0. The molecule has 1 saturated carbocycles. The maximum atomic E-state index is 10.3. The zero-order valence-corrected chi connectivity index (χ0v) is 14.7. The predicted molar refractivity (Wildman–Crippen MR) is 91.1 cm³/mol. The van der Waals surface area contributed by atoms with Gasteiger partial charge in [0.1, 0.15) is 0 Å². The molecule has 0 amide bonds. The van der Waals surface area contributed by atoms with Crippen molar-refractivity contribution in [1.29, 1.82) is 0 Å². The van der Waals surface area contributed by atoms with Crippen molar-refractivity contribution in [2.45, 2.75) is 78.7 Å². The molecule has 1 fully saturated rings. The molecule has 0 aliphatic heterocycles. The Balaban J connectivity index is 2.25. The van der Waals surface area contributed by atoms with Gasteiger partial charge in [-0.25, -0.2) is 0 Å². The fourth-order valence-electron chi connectivity index (χ4n) is 4.58. The van der Waals surface area contributed by atoms with E-state index in [4.69, 9.17) is 0 Å². The molecule has 0 radical (unpaired) electrons. The minimum absolute atomic E-state index is 0.314. The summed E-state index contributed by atoms with van der Waals surface area (Å²) in [7, 11) is 0. The van der Waals surface area contributed by atoms with E-state index in [1.807, 2.05) is 6.92 Å². The van der Waals surface area contributed by atoms with Crippen molar-refractivity contribution < 1.29 is 5.11 Å². The second-order valence-electron chi connectivity index (χ2n) is 8.69. The molecule has 1 N–H and O–H groups in total. The highest BCUT2D eigenvalue weighted by Gasteiger charge is 2.48. The monoisotopic (exact) mass is 290 g/mol. The summed E-state index contributed by atoms with van der Waals surface area (Å²) < 4.78 is 0. The topological polar surface area (TPSA) is 20.2 Å². The van der Waals surface area contributed by atoms with E-state index in [1.54, 1.807) is 11.6 Å². The molecule has 0 saturated heterocycles. The van der Waals surface area contributed by atoms with Crippen molar-refractivity contribution in [1.82, 2.24) is 0 Å². The number of rotatable bonds is 4. The fraction of sp³-hybridized carbons (Fsp3) is 0.800. The third-order valence-corrected chi connectivity index (χ3v) is 6.67. The van der Waals surface area contributed by atoms with Crippen molar-refractivity contribution in [2.24, 2.45) is 22.7 Å². The molecule has 0 heterocycles. The minimum Gasteiger partial charge on any atom is -0.386 e. The van der Waals surface area contributed by atoms with Crippen LogP contribution < -0.4 is 0 Å². The Morgan fingerprint density at radius 2 is 2.10 bits per heavy atom. The van der Waals surface area contributed by atoms with E-state index in [2.05, 4.69) is 40.3 Å². The first-order valence-electron chi connectivity index (χ1n) is 8.69. The van der Waals surface area contributed by atoms with E-state index < -0.39 is 5.60 Å². The zero-order valence-electron chi connectivity index (χ0n) is 14.7. The Morgan fingerprint density at radius 3 is 2.71 bits per heavy atom. The molecule has 2 aliphatic carbocycles. The van der Waals surface area contributed by atoms with Crippen molar-refractivity contribution in [3.05, 3.63) is 24.3 Å². The van der Waals surface area contributed by atoms with Gasteiger partial charge in [-0.3, -0.25) is 0 Å².